The van der Waals surface area contributed by atoms with E-state index in [9.17, 15) is 9.90 Å². The van der Waals surface area contributed by atoms with Crippen molar-refractivity contribution >= 4 is 5.91 Å². The molecule has 0 spiro atoms. The van der Waals surface area contributed by atoms with Gasteiger partial charge in [-0.05, 0) is 30.9 Å². The average molecular weight is 221 g/mol. The fraction of sp³-hybridized carbons (Fsp3) is 0.462. The van der Waals surface area contributed by atoms with Crippen LogP contribution in [-0.4, -0.2) is 17.6 Å². The number of hydrogen-bond donors (Lipinski definition) is 2. The van der Waals surface area contributed by atoms with Crippen molar-refractivity contribution in [2.24, 2.45) is 5.92 Å². The van der Waals surface area contributed by atoms with Crippen LogP contribution in [0.3, 0.4) is 0 Å². The first-order valence-corrected chi connectivity index (χ1v) is 5.59. The molecular weight excluding hydrogens is 202 g/mol. The zero-order valence-electron chi connectivity index (χ0n) is 10.1. The van der Waals surface area contributed by atoms with Gasteiger partial charge in [-0.2, -0.15) is 0 Å². The lowest BCUT2D eigenvalue weighted by Gasteiger charge is -2.09. The van der Waals surface area contributed by atoms with Crippen molar-refractivity contribution < 1.29 is 9.90 Å². The fourth-order valence-corrected chi connectivity index (χ4v) is 1.41. The summed E-state index contributed by atoms with van der Waals surface area (Å²) >= 11 is 0. The largest absolute Gasteiger partial charge is 0.507 e. The minimum absolute atomic E-state index is 0.0737. The molecule has 0 aliphatic heterocycles. The van der Waals surface area contributed by atoms with E-state index < -0.39 is 0 Å². The van der Waals surface area contributed by atoms with Crippen LogP contribution in [0.1, 0.15) is 36.2 Å². The average Bonchev–Trinajstić information content (AvgIpc) is 2.21. The van der Waals surface area contributed by atoms with Gasteiger partial charge < -0.3 is 10.4 Å². The zero-order chi connectivity index (χ0) is 12.1. The summed E-state index contributed by atoms with van der Waals surface area (Å²) < 4.78 is 0. The molecule has 0 bridgehead atoms. The Hall–Kier alpha value is -1.51. The highest BCUT2D eigenvalue weighted by molar-refractivity contribution is 5.97. The lowest BCUT2D eigenvalue weighted by molar-refractivity contribution is 0.0949. The molecule has 0 saturated carbocycles. The Morgan fingerprint density at radius 3 is 2.75 bits per heavy atom. The number of benzene rings is 1. The van der Waals surface area contributed by atoms with E-state index in [1.54, 1.807) is 25.1 Å². The molecule has 1 aromatic rings. The molecule has 2 N–H and O–H groups in total. The minimum atomic E-state index is -0.207. The van der Waals surface area contributed by atoms with E-state index in [0.717, 1.165) is 12.0 Å². The standard InChI is InChI=1S/C13H19NO2/c1-9(2)7-8-14-13(16)11-6-4-5-10(3)12(11)15/h4-6,9,15H,7-8H2,1-3H3,(H,14,16). The third-order valence-electron chi connectivity index (χ3n) is 2.49. The van der Waals surface area contributed by atoms with Gasteiger partial charge in [0, 0.05) is 6.54 Å². The van der Waals surface area contributed by atoms with E-state index >= 15 is 0 Å². The first kappa shape index (κ1) is 12.6. The van der Waals surface area contributed by atoms with Crippen LogP contribution in [0.2, 0.25) is 0 Å². The van der Waals surface area contributed by atoms with Gasteiger partial charge in [-0.15, -0.1) is 0 Å². The maximum atomic E-state index is 11.7. The highest BCUT2D eigenvalue weighted by atomic mass is 16.3. The van der Waals surface area contributed by atoms with Crippen LogP contribution < -0.4 is 5.32 Å². The quantitative estimate of drug-likeness (QED) is 0.820. The molecule has 0 atom stereocenters. The molecule has 1 amide bonds. The van der Waals surface area contributed by atoms with Crippen molar-refractivity contribution in [3.05, 3.63) is 29.3 Å². The molecule has 3 nitrogen and oxygen atoms in total. The van der Waals surface area contributed by atoms with Gasteiger partial charge in [0.05, 0.1) is 5.56 Å². The Labute approximate surface area is 96.5 Å². The Balaban J connectivity index is 2.63. The third-order valence-corrected chi connectivity index (χ3v) is 2.49. The predicted molar refractivity (Wildman–Crippen MR) is 64.6 cm³/mol. The van der Waals surface area contributed by atoms with Crippen LogP contribution in [0.4, 0.5) is 0 Å². The first-order chi connectivity index (χ1) is 7.52. The molecule has 0 aliphatic carbocycles. The maximum absolute atomic E-state index is 11.7. The third kappa shape index (κ3) is 3.26. The molecule has 0 aromatic heterocycles. The summed E-state index contributed by atoms with van der Waals surface area (Å²) in [4.78, 5) is 11.7. The molecule has 0 aliphatic rings. The van der Waals surface area contributed by atoms with E-state index in [1.165, 1.54) is 0 Å². The molecule has 1 rings (SSSR count). The van der Waals surface area contributed by atoms with Gasteiger partial charge in [-0.1, -0.05) is 26.0 Å². The van der Waals surface area contributed by atoms with Gasteiger partial charge in [0.15, 0.2) is 0 Å². The topological polar surface area (TPSA) is 49.3 Å². The number of aryl methyl sites for hydroxylation is 1. The molecule has 16 heavy (non-hydrogen) atoms. The summed E-state index contributed by atoms with van der Waals surface area (Å²) in [5, 5.41) is 12.5. The van der Waals surface area contributed by atoms with Crippen LogP contribution >= 0.6 is 0 Å². The van der Waals surface area contributed by atoms with E-state index in [0.29, 0.717) is 18.0 Å². The van der Waals surface area contributed by atoms with Crippen LogP contribution in [-0.2, 0) is 0 Å². The summed E-state index contributed by atoms with van der Waals surface area (Å²) in [5.74, 6) is 0.429. The summed E-state index contributed by atoms with van der Waals surface area (Å²) in [6.07, 6.45) is 0.943. The van der Waals surface area contributed by atoms with Gasteiger partial charge in [0.1, 0.15) is 5.75 Å². The molecule has 3 heteroatoms. The van der Waals surface area contributed by atoms with Crippen LogP contribution in [0.25, 0.3) is 0 Å². The molecule has 0 fully saturated rings. The first-order valence-electron chi connectivity index (χ1n) is 5.59. The van der Waals surface area contributed by atoms with Crippen LogP contribution in [0.15, 0.2) is 18.2 Å². The van der Waals surface area contributed by atoms with Crippen molar-refractivity contribution in [1.29, 1.82) is 0 Å². The Morgan fingerprint density at radius 1 is 1.44 bits per heavy atom. The fourth-order valence-electron chi connectivity index (χ4n) is 1.41. The Bertz CT molecular complexity index is 372. The van der Waals surface area contributed by atoms with Gasteiger partial charge in [-0.25, -0.2) is 0 Å². The number of amides is 1. The van der Waals surface area contributed by atoms with Crippen molar-refractivity contribution in [3.8, 4) is 5.75 Å². The summed E-state index contributed by atoms with van der Waals surface area (Å²) in [5.41, 5.74) is 1.07. The highest BCUT2D eigenvalue weighted by Crippen LogP contribution is 2.20. The molecule has 88 valence electrons. The molecule has 0 heterocycles. The van der Waals surface area contributed by atoms with E-state index in [2.05, 4.69) is 19.2 Å². The van der Waals surface area contributed by atoms with Gasteiger partial charge >= 0.3 is 0 Å². The van der Waals surface area contributed by atoms with Crippen molar-refractivity contribution in [1.82, 2.24) is 5.32 Å². The number of carbonyl (C=O) groups excluding carboxylic acids is 1. The Kier molecular flexibility index (Phi) is 4.35. The summed E-state index contributed by atoms with van der Waals surface area (Å²) in [7, 11) is 0. The molecule has 0 radical (unpaired) electrons. The monoisotopic (exact) mass is 221 g/mol. The molecule has 0 saturated heterocycles. The van der Waals surface area contributed by atoms with E-state index in [4.69, 9.17) is 0 Å². The predicted octanol–water partition coefficient (Wildman–Crippen LogP) is 2.48. The second-order valence-corrected chi connectivity index (χ2v) is 4.41. The van der Waals surface area contributed by atoms with E-state index in [-0.39, 0.29) is 11.7 Å². The lowest BCUT2D eigenvalue weighted by Crippen LogP contribution is -2.25. The zero-order valence-corrected chi connectivity index (χ0v) is 10.1. The number of phenols is 1. The van der Waals surface area contributed by atoms with Gasteiger partial charge in [0.25, 0.3) is 5.91 Å². The SMILES string of the molecule is Cc1cccc(C(=O)NCCC(C)C)c1O. The number of rotatable bonds is 4. The highest BCUT2D eigenvalue weighted by Gasteiger charge is 2.11. The van der Waals surface area contributed by atoms with Crippen molar-refractivity contribution in [3.63, 3.8) is 0 Å². The minimum Gasteiger partial charge on any atom is -0.507 e. The number of carbonyl (C=O) groups is 1. The normalized spacial score (nSPS) is 10.5. The molecule has 1 aromatic carbocycles. The van der Waals surface area contributed by atoms with Crippen LogP contribution in [0, 0.1) is 12.8 Å². The maximum Gasteiger partial charge on any atom is 0.255 e. The second-order valence-electron chi connectivity index (χ2n) is 4.41. The number of hydrogen-bond acceptors (Lipinski definition) is 2. The van der Waals surface area contributed by atoms with Gasteiger partial charge in [-0.3, -0.25) is 4.79 Å². The molecular formula is C13H19NO2. The summed E-state index contributed by atoms with van der Waals surface area (Å²) in [6.45, 7) is 6.64. The number of nitrogens with one attached hydrogen (secondary N) is 1. The van der Waals surface area contributed by atoms with Crippen LogP contribution in [0.5, 0.6) is 5.75 Å². The Morgan fingerprint density at radius 2 is 2.12 bits per heavy atom. The number of phenolic OH excluding ortho intramolecular Hbond substituents is 1. The summed E-state index contributed by atoms with van der Waals surface area (Å²) in [6, 6.07) is 5.18. The van der Waals surface area contributed by atoms with Crippen molar-refractivity contribution in [2.45, 2.75) is 27.2 Å². The molecule has 0 unspecified atom stereocenters. The second kappa shape index (κ2) is 5.54. The number of aromatic hydroxyl groups is 1. The number of para-hydroxylation sites is 1. The lowest BCUT2D eigenvalue weighted by atomic mass is 10.1. The van der Waals surface area contributed by atoms with E-state index in [1.807, 2.05) is 0 Å². The van der Waals surface area contributed by atoms with Crippen molar-refractivity contribution in [2.75, 3.05) is 6.54 Å². The smallest absolute Gasteiger partial charge is 0.255 e. The van der Waals surface area contributed by atoms with Gasteiger partial charge in [0.2, 0.25) is 0 Å².